The Morgan fingerprint density at radius 1 is 1.39 bits per heavy atom. The number of halogens is 1. The molecule has 1 heterocycles. The van der Waals surface area contributed by atoms with Crippen LogP contribution in [-0.4, -0.2) is 22.6 Å². The summed E-state index contributed by atoms with van der Waals surface area (Å²) in [6.45, 7) is 2.02. The van der Waals surface area contributed by atoms with Crippen LogP contribution in [0.3, 0.4) is 0 Å². The second kappa shape index (κ2) is 5.51. The molecule has 2 rings (SSSR count). The summed E-state index contributed by atoms with van der Waals surface area (Å²) >= 11 is 2.26. The van der Waals surface area contributed by atoms with Crippen LogP contribution in [-0.2, 0) is 4.74 Å². The lowest BCUT2D eigenvalue weighted by atomic mass is 10.1. The van der Waals surface area contributed by atoms with E-state index in [9.17, 15) is 4.79 Å². The fourth-order valence-corrected chi connectivity index (χ4v) is 2.14. The quantitative estimate of drug-likeness (QED) is 0.628. The van der Waals surface area contributed by atoms with Crippen molar-refractivity contribution in [3.63, 3.8) is 0 Å². The molecule has 18 heavy (non-hydrogen) atoms. The van der Waals surface area contributed by atoms with E-state index in [1.165, 1.54) is 16.9 Å². The van der Waals surface area contributed by atoms with Crippen molar-refractivity contribution in [2.45, 2.75) is 13.0 Å². The normalized spacial score (nSPS) is 12.2. The van der Waals surface area contributed by atoms with Crippen LogP contribution in [0.4, 0.5) is 0 Å². The average Bonchev–Trinajstić information content (AvgIpc) is 2.87. The maximum atomic E-state index is 11.6. The number of ether oxygens (including phenoxy) is 1. The lowest BCUT2D eigenvalue weighted by molar-refractivity contribution is 0.0587. The third-order valence-electron chi connectivity index (χ3n) is 2.83. The Bertz CT molecular complexity index is 548. The van der Waals surface area contributed by atoms with E-state index in [0.29, 0.717) is 5.69 Å². The first-order valence-electron chi connectivity index (χ1n) is 5.49. The first-order chi connectivity index (χ1) is 8.63. The average molecular weight is 356 g/mol. The molecule has 4 nitrogen and oxygen atoms in total. The zero-order valence-electron chi connectivity index (χ0n) is 10.1. The van der Waals surface area contributed by atoms with E-state index in [2.05, 4.69) is 27.6 Å². The molecule has 0 N–H and O–H groups in total. The summed E-state index contributed by atoms with van der Waals surface area (Å²) in [6, 6.07) is 8.22. The number of aromatic nitrogens is 2. The molecule has 1 aromatic carbocycles. The molecule has 0 bridgehead atoms. The third kappa shape index (κ3) is 2.55. The molecule has 5 heteroatoms. The Morgan fingerprint density at radius 3 is 2.67 bits per heavy atom. The van der Waals surface area contributed by atoms with Gasteiger partial charge >= 0.3 is 5.97 Å². The van der Waals surface area contributed by atoms with Gasteiger partial charge in [-0.15, -0.1) is 0 Å². The zero-order valence-corrected chi connectivity index (χ0v) is 12.3. The highest BCUT2D eigenvalue weighted by Gasteiger charge is 2.17. The summed E-state index contributed by atoms with van der Waals surface area (Å²) in [7, 11) is 1.37. The van der Waals surface area contributed by atoms with Crippen molar-refractivity contribution in [1.82, 2.24) is 9.55 Å². The van der Waals surface area contributed by atoms with E-state index in [1.807, 2.05) is 35.8 Å². The van der Waals surface area contributed by atoms with Crippen LogP contribution in [0.25, 0.3) is 0 Å². The van der Waals surface area contributed by atoms with Gasteiger partial charge in [0.15, 0.2) is 0 Å². The predicted octanol–water partition coefficient (Wildman–Crippen LogP) is 2.88. The van der Waals surface area contributed by atoms with Gasteiger partial charge < -0.3 is 9.30 Å². The number of benzene rings is 1. The van der Waals surface area contributed by atoms with Crippen LogP contribution in [0.1, 0.15) is 29.0 Å². The molecular weight excluding hydrogens is 343 g/mol. The van der Waals surface area contributed by atoms with Gasteiger partial charge in [0.05, 0.1) is 25.7 Å². The molecule has 0 aliphatic carbocycles. The highest BCUT2D eigenvalue weighted by Crippen LogP contribution is 2.20. The molecule has 0 spiro atoms. The van der Waals surface area contributed by atoms with Gasteiger partial charge in [-0.3, -0.25) is 0 Å². The van der Waals surface area contributed by atoms with Gasteiger partial charge in [-0.1, -0.05) is 12.1 Å². The smallest absolute Gasteiger partial charge is 0.356 e. The second-order valence-electron chi connectivity index (χ2n) is 3.91. The monoisotopic (exact) mass is 356 g/mol. The Hall–Kier alpha value is -1.37. The predicted molar refractivity (Wildman–Crippen MR) is 76.5 cm³/mol. The van der Waals surface area contributed by atoms with E-state index in [4.69, 9.17) is 4.74 Å². The Morgan fingerprint density at radius 2 is 2.06 bits per heavy atom. The van der Waals surface area contributed by atoms with Crippen molar-refractivity contribution in [2.24, 2.45) is 0 Å². The van der Waals surface area contributed by atoms with E-state index < -0.39 is 0 Å². The first-order valence-corrected chi connectivity index (χ1v) is 6.57. The van der Waals surface area contributed by atoms with Crippen LogP contribution in [0, 0.1) is 3.57 Å². The molecule has 0 aliphatic rings. The second-order valence-corrected chi connectivity index (χ2v) is 5.15. The summed E-state index contributed by atoms with van der Waals surface area (Å²) in [5.41, 5.74) is 1.59. The van der Waals surface area contributed by atoms with Crippen molar-refractivity contribution in [2.75, 3.05) is 7.11 Å². The van der Waals surface area contributed by atoms with Crippen molar-refractivity contribution in [3.05, 3.63) is 51.6 Å². The summed E-state index contributed by atoms with van der Waals surface area (Å²) in [4.78, 5) is 15.6. The van der Waals surface area contributed by atoms with Crippen LogP contribution in [0.5, 0.6) is 0 Å². The number of imidazole rings is 1. The standard InChI is InChI=1S/C13H13IN2O2/c1-9(10-3-5-11(14)6-4-10)16-8-15-7-12(16)13(17)18-2/h3-9H,1-2H3/t9-/m1/s1. The van der Waals surface area contributed by atoms with Crippen LogP contribution < -0.4 is 0 Å². The minimum Gasteiger partial charge on any atom is -0.464 e. The molecule has 94 valence electrons. The minimum atomic E-state index is -0.370. The first kappa shape index (κ1) is 13.1. The van der Waals surface area contributed by atoms with Gasteiger partial charge in [0.1, 0.15) is 5.69 Å². The van der Waals surface area contributed by atoms with E-state index in [1.54, 1.807) is 6.33 Å². The van der Waals surface area contributed by atoms with Gasteiger partial charge in [0.25, 0.3) is 0 Å². The Labute approximate surface area is 119 Å². The summed E-state index contributed by atoms with van der Waals surface area (Å²) < 4.78 is 7.74. The van der Waals surface area contributed by atoms with Gasteiger partial charge in [-0.2, -0.15) is 0 Å². The third-order valence-corrected chi connectivity index (χ3v) is 3.55. The Kier molecular flexibility index (Phi) is 4.00. The fraction of sp³-hybridized carbons (Fsp3) is 0.231. The van der Waals surface area contributed by atoms with Crippen LogP contribution in [0.2, 0.25) is 0 Å². The highest BCUT2D eigenvalue weighted by molar-refractivity contribution is 14.1. The molecule has 0 amide bonds. The molecule has 1 atom stereocenters. The Balaban J connectivity index is 2.34. The molecule has 0 aliphatic heterocycles. The molecule has 2 aromatic rings. The van der Waals surface area contributed by atoms with Gasteiger partial charge in [-0.05, 0) is 47.2 Å². The largest absolute Gasteiger partial charge is 0.464 e. The lowest BCUT2D eigenvalue weighted by Crippen LogP contribution is -2.14. The molecule has 0 fully saturated rings. The fourth-order valence-electron chi connectivity index (χ4n) is 1.78. The highest BCUT2D eigenvalue weighted by atomic mass is 127. The minimum absolute atomic E-state index is 0.0404. The number of carbonyl (C=O) groups excluding carboxylic acids is 1. The number of rotatable bonds is 3. The molecule has 0 unspecified atom stereocenters. The zero-order chi connectivity index (χ0) is 13.1. The maximum absolute atomic E-state index is 11.6. The maximum Gasteiger partial charge on any atom is 0.356 e. The number of nitrogens with zero attached hydrogens (tertiary/aromatic N) is 2. The topological polar surface area (TPSA) is 44.1 Å². The number of carbonyl (C=O) groups is 1. The summed E-state index contributed by atoms with van der Waals surface area (Å²) in [5.74, 6) is -0.370. The number of methoxy groups -OCH3 is 1. The molecule has 0 saturated carbocycles. The van der Waals surface area contributed by atoms with Crippen molar-refractivity contribution in [3.8, 4) is 0 Å². The molecule has 0 radical (unpaired) electrons. The number of esters is 1. The molecule has 0 saturated heterocycles. The van der Waals surface area contributed by atoms with Crippen molar-refractivity contribution < 1.29 is 9.53 Å². The summed E-state index contributed by atoms with van der Waals surface area (Å²) in [5, 5.41) is 0. The summed E-state index contributed by atoms with van der Waals surface area (Å²) in [6.07, 6.45) is 3.17. The van der Waals surface area contributed by atoms with E-state index in [0.717, 1.165) is 5.56 Å². The lowest BCUT2D eigenvalue weighted by Gasteiger charge is -2.16. The van der Waals surface area contributed by atoms with Gasteiger partial charge in [-0.25, -0.2) is 9.78 Å². The molecular formula is C13H13IN2O2. The number of hydrogen-bond acceptors (Lipinski definition) is 3. The molecule has 1 aromatic heterocycles. The van der Waals surface area contributed by atoms with Crippen molar-refractivity contribution in [1.29, 1.82) is 0 Å². The van der Waals surface area contributed by atoms with Crippen molar-refractivity contribution >= 4 is 28.6 Å². The number of hydrogen-bond donors (Lipinski definition) is 0. The van der Waals surface area contributed by atoms with E-state index >= 15 is 0 Å². The van der Waals surface area contributed by atoms with Crippen LogP contribution >= 0.6 is 22.6 Å². The van der Waals surface area contributed by atoms with Gasteiger partial charge in [0.2, 0.25) is 0 Å². The van der Waals surface area contributed by atoms with E-state index in [-0.39, 0.29) is 12.0 Å². The van der Waals surface area contributed by atoms with Crippen LogP contribution in [0.15, 0.2) is 36.8 Å². The van der Waals surface area contributed by atoms with Gasteiger partial charge in [0, 0.05) is 3.57 Å². The SMILES string of the molecule is COC(=O)c1cncn1[C@H](C)c1ccc(I)cc1.